The van der Waals surface area contributed by atoms with E-state index in [-0.39, 0.29) is 5.92 Å². The molecule has 1 aliphatic rings. The predicted octanol–water partition coefficient (Wildman–Crippen LogP) is 1.57. The van der Waals surface area contributed by atoms with Crippen molar-refractivity contribution in [2.75, 3.05) is 6.67 Å². The number of hydrogen-bond acceptors (Lipinski definition) is 1. The van der Waals surface area contributed by atoms with E-state index in [0.29, 0.717) is 5.92 Å². The van der Waals surface area contributed by atoms with Crippen LogP contribution in [0.25, 0.3) is 0 Å². The first-order chi connectivity index (χ1) is 4.38. The van der Waals surface area contributed by atoms with Gasteiger partial charge in [0.1, 0.15) is 6.29 Å². The number of aldehydes is 1. The Labute approximate surface area is 54.3 Å². The van der Waals surface area contributed by atoms with Crippen LogP contribution < -0.4 is 0 Å². The van der Waals surface area contributed by atoms with Gasteiger partial charge in [0.05, 0.1) is 6.67 Å². The predicted molar refractivity (Wildman–Crippen MR) is 32.9 cm³/mol. The Hall–Kier alpha value is -0.400. The van der Waals surface area contributed by atoms with Crippen molar-refractivity contribution < 1.29 is 9.18 Å². The molecule has 0 aromatic rings. The molecule has 2 heteroatoms. The zero-order chi connectivity index (χ0) is 6.69. The topological polar surface area (TPSA) is 17.1 Å². The van der Waals surface area contributed by atoms with E-state index in [0.717, 1.165) is 19.1 Å². The molecule has 9 heavy (non-hydrogen) atoms. The van der Waals surface area contributed by atoms with Crippen molar-refractivity contribution >= 4 is 6.29 Å². The lowest BCUT2D eigenvalue weighted by atomic mass is 9.77. The summed E-state index contributed by atoms with van der Waals surface area (Å²) < 4.78 is 11.9. The number of halogens is 1. The molecule has 0 aliphatic heterocycles. The fraction of sp³-hybridized carbons (Fsp3) is 0.857. The third-order valence-electron chi connectivity index (χ3n) is 2.11. The van der Waals surface area contributed by atoms with Crippen LogP contribution in [0.3, 0.4) is 0 Å². The SMILES string of the molecule is O=CC(CF)C1CCC1. The fourth-order valence-electron chi connectivity index (χ4n) is 1.14. The number of carbonyl (C=O) groups excluding carboxylic acids is 1. The van der Waals surface area contributed by atoms with Crippen LogP contribution in [0.1, 0.15) is 19.3 Å². The van der Waals surface area contributed by atoms with Gasteiger partial charge < -0.3 is 4.79 Å². The van der Waals surface area contributed by atoms with E-state index < -0.39 is 6.67 Å². The van der Waals surface area contributed by atoms with Gasteiger partial charge in [-0.05, 0) is 18.8 Å². The molecule has 52 valence electrons. The highest BCUT2D eigenvalue weighted by molar-refractivity contribution is 5.54. The number of alkyl halides is 1. The van der Waals surface area contributed by atoms with Gasteiger partial charge in [0.15, 0.2) is 0 Å². The molecular weight excluding hydrogens is 119 g/mol. The van der Waals surface area contributed by atoms with Crippen LogP contribution in [-0.2, 0) is 4.79 Å². The van der Waals surface area contributed by atoms with Gasteiger partial charge in [-0.15, -0.1) is 0 Å². The molecule has 1 unspecified atom stereocenters. The summed E-state index contributed by atoms with van der Waals surface area (Å²) in [5.41, 5.74) is 0. The Bertz CT molecular complexity index is 99.1. The van der Waals surface area contributed by atoms with Crippen molar-refractivity contribution in [2.24, 2.45) is 11.8 Å². The van der Waals surface area contributed by atoms with Crippen molar-refractivity contribution in [1.82, 2.24) is 0 Å². The second kappa shape index (κ2) is 2.95. The average molecular weight is 130 g/mol. The first-order valence-corrected chi connectivity index (χ1v) is 3.39. The quantitative estimate of drug-likeness (QED) is 0.530. The molecule has 0 spiro atoms. The first-order valence-electron chi connectivity index (χ1n) is 3.39. The summed E-state index contributed by atoms with van der Waals surface area (Å²) in [5, 5.41) is 0. The lowest BCUT2D eigenvalue weighted by Gasteiger charge is -2.28. The van der Waals surface area contributed by atoms with Gasteiger partial charge in [0.25, 0.3) is 0 Å². The third-order valence-corrected chi connectivity index (χ3v) is 2.11. The van der Waals surface area contributed by atoms with Crippen molar-refractivity contribution in [1.29, 1.82) is 0 Å². The molecular formula is C7H11FO. The van der Waals surface area contributed by atoms with Gasteiger partial charge >= 0.3 is 0 Å². The summed E-state index contributed by atoms with van der Waals surface area (Å²) in [6, 6.07) is 0. The standard InChI is InChI=1S/C7H11FO/c8-4-7(5-9)6-2-1-3-6/h5-7H,1-4H2. The molecule has 0 radical (unpaired) electrons. The molecule has 1 atom stereocenters. The van der Waals surface area contributed by atoms with Gasteiger partial charge in [-0.25, -0.2) is 0 Å². The molecule has 1 aliphatic carbocycles. The van der Waals surface area contributed by atoms with Gasteiger partial charge in [-0.3, -0.25) is 4.39 Å². The summed E-state index contributed by atoms with van der Waals surface area (Å²) in [6.07, 6.45) is 4.03. The van der Waals surface area contributed by atoms with Crippen LogP contribution in [0.4, 0.5) is 4.39 Å². The lowest BCUT2D eigenvalue weighted by Crippen LogP contribution is -2.24. The maximum atomic E-state index is 11.9. The second-order valence-electron chi connectivity index (χ2n) is 2.65. The second-order valence-corrected chi connectivity index (χ2v) is 2.65. The molecule has 0 heterocycles. The van der Waals surface area contributed by atoms with Gasteiger partial charge in [-0.1, -0.05) is 6.42 Å². The highest BCUT2D eigenvalue weighted by atomic mass is 19.1. The third kappa shape index (κ3) is 1.29. The number of carbonyl (C=O) groups is 1. The molecule has 0 aromatic heterocycles. The van der Waals surface area contributed by atoms with Crippen LogP contribution >= 0.6 is 0 Å². The van der Waals surface area contributed by atoms with E-state index >= 15 is 0 Å². The molecule has 0 N–H and O–H groups in total. The largest absolute Gasteiger partial charge is 0.303 e. The van der Waals surface area contributed by atoms with Crippen molar-refractivity contribution in [3.63, 3.8) is 0 Å². The van der Waals surface area contributed by atoms with E-state index in [2.05, 4.69) is 0 Å². The van der Waals surface area contributed by atoms with Crippen LogP contribution in [0, 0.1) is 11.8 Å². The molecule has 1 fully saturated rings. The van der Waals surface area contributed by atoms with E-state index in [9.17, 15) is 9.18 Å². The molecule has 0 amide bonds. The summed E-state index contributed by atoms with van der Waals surface area (Å²) in [5.74, 6) is 0.0752. The van der Waals surface area contributed by atoms with E-state index in [1.807, 2.05) is 0 Å². The van der Waals surface area contributed by atoms with Crippen LogP contribution in [0.2, 0.25) is 0 Å². The van der Waals surface area contributed by atoms with Crippen molar-refractivity contribution in [3.8, 4) is 0 Å². The van der Waals surface area contributed by atoms with Gasteiger partial charge in [-0.2, -0.15) is 0 Å². The minimum absolute atomic E-state index is 0.293. The number of rotatable bonds is 3. The summed E-state index contributed by atoms with van der Waals surface area (Å²) >= 11 is 0. The van der Waals surface area contributed by atoms with Gasteiger partial charge in [0.2, 0.25) is 0 Å². The summed E-state index contributed by atoms with van der Waals surface area (Å²) in [7, 11) is 0. The van der Waals surface area contributed by atoms with Gasteiger partial charge in [0, 0.05) is 5.92 Å². The fourth-order valence-corrected chi connectivity index (χ4v) is 1.14. The maximum Gasteiger partial charge on any atom is 0.125 e. The molecule has 1 nitrogen and oxygen atoms in total. The molecule has 0 saturated heterocycles. The minimum atomic E-state index is -0.464. The van der Waals surface area contributed by atoms with Crippen LogP contribution in [0.5, 0.6) is 0 Å². The average Bonchev–Trinajstić information content (AvgIpc) is 1.78. The van der Waals surface area contributed by atoms with E-state index in [4.69, 9.17) is 0 Å². The number of hydrogen-bond donors (Lipinski definition) is 0. The van der Waals surface area contributed by atoms with E-state index in [1.165, 1.54) is 6.42 Å². The highest BCUT2D eigenvalue weighted by Gasteiger charge is 2.26. The highest BCUT2D eigenvalue weighted by Crippen LogP contribution is 2.32. The van der Waals surface area contributed by atoms with E-state index in [1.54, 1.807) is 0 Å². The maximum absolute atomic E-state index is 11.9. The Balaban J connectivity index is 2.27. The Morgan fingerprint density at radius 1 is 1.67 bits per heavy atom. The van der Waals surface area contributed by atoms with Crippen LogP contribution in [0.15, 0.2) is 0 Å². The summed E-state index contributed by atoms with van der Waals surface area (Å²) in [4.78, 5) is 10.1. The smallest absolute Gasteiger partial charge is 0.125 e. The Kier molecular flexibility index (Phi) is 2.20. The normalized spacial score (nSPS) is 22.8. The lowest BCUT2D eigenvalue weighted by molar-refractivity contribution is -0.114. The zero-order valence-corrected chi connectivity index (χ0v) is 5.35. The Morgan fingerprint density at radius 3 is 2.44 bits per heavy atom. The first kappa shape index (κ1) is 6.72. The summed E-state index contributed by atoms with van der Waals surface area (Å²) in [6.45, 7) is -0.464. The molecule has 0 bridgehead atoms. The molecule has 0 aromatic carbocycles. The van der Waals surface area contributed by atoms with Crippen molar-refractivity contribution in [2.45, 2.75) is 19.3 Å². The minimum Gasteiger partial charge on any atom is -0.303 e. The molecule has 1 rings (SSSR count). The zero-order valence-electron chi connectivity index (χ0n) is 5.35. The molecule has 1 saturated carbocycles. The monoisotopic (exact) mass is 130 g/mol. The van der Waals surface area contributed by atoms with Crippen LogP contribution in [-0.4, -0.2) is 13.0 Å². The van der Waals surface area contributed by atoms with Crippen molar-refractivity contribution in [3.05, 3.63) is 0 Å². The Morgan fingerprint density at radius 2 is 2.33 bits per heavy atom.